The van der Waals surface area contributed by atoms with Crippen LogP contribution in [0.5, 0.6) is 0 Å². The van der Waals surface area contributed by atoms with Crippen LogP contribution in [0.1, 0.15) is 64.0 Å². The number of ketones is 1. The van der Waals surface area contributed by atoms with Crippen molar-refractivity contribution in [2.45, 2.75) is 63.6 Å². The van der Waals surface area contributed by atoms with Gasteiger partial charge in [0.2, 0.25) is 5.13 Å². The summed E-state index contributed by atoms with van der Waals surface area (Å²) < 4.78 is 0.860. The van der Waals surface area contributed by atoms with Gasteiger partial charge in [-0.15, -0.1) is 10.2 Å². The molecule has 172 valence electrons. The van der Waals surface area contributed by atoms with E-state index in [9.17, 15) is 10.1 Å². The van der Waals surface area contributed by atoms with E-state index >= 15 is 0 Å². The van der Waals surface area contributed by atoms with Crippen LogP contribution in [0.2, 0.25) is 0 Å². The van der Waals surface area contributed by atoms with E-state index in [-0.39, 0.29) is 11.2 Å². The van der Waals surface area contributed by atoms with Gasteiger partial charge >= 0.3 is 0 Å². The second kappa shape index (κ2) is 9.32. The van der Waals surface area contributed by atoms with Gasteiger partial charge in [0.25, 0.3) is 0 Å². The number of carbonyl (C=O) groups is 1. The number of rotatable bonds is 6. The maximum atomic E-state index is 13.5. The van der Waals surface area contributed by atoms with E-state index in [4.69, 9.17) is 5.73 Å². The first-order valence-corrected chi connectivity index (χ1v) is 13.1. The van der Waals surface area contributed by atoms with Crippen LogP contribution in [-0.2, 0) is 11.2 Å². The molecule has 1 aliphatic heterocycles. The van der Waals surface area contributed by atoms with E-state index in [1.807, 2.05) is 17.0 Å². The summed E-state index contributed by atoms with van der Waals surface area (Å²) >= 11 is 3.11. The minimum absolute atomic E-state index is 0.0705. The minimum atomic E-state index is -0.461. The first-order valence-electron chi connectivity index (χ1n) is 11.3. The van der Waals surface area contributed by atoms with Crippen molar-refractivity contribution >= 4 is 34.0 Å². The predicted octanol–water partition coefficient (Wildman–Crippen LogP) is 5.54. The molecule has 1 aliphatic carbocycles. The number of nitrogens with two attached hydrogens (primary N) is 1. The van der Waals surface area contributed by atoms with Crippen LogP contribution in [0.25, 0.3) is 0 Å². The Hall–Kier alpha value is -2.63. The number of aryl methyl sites for hydroxylation is 1. The number of benzene rings is 1. The molecule has 0 spiro atoms. The summed E-state index contributed by atoms with van der Waals surface area (Å²) in [5.74, 6) is 0.909. The van der Waals surface area contributed by atoms with Gasteiger partial charge < -0.3 is 5.73 Å². The highest BCUT2D eigenvalue weighted by atomic mass is 32.2. The zero-order chi connectivity index (χ0) is 23.8. The summed E-state index contributed by atoms with van der Waals surface area (Å²) in [5, 5.41) is 19.5. The van der Waals surface area contributed by atoms with Gasteiger partial charge in [-0.1, -0.05) is 75.1 Å². The van der Waals surface area contributed by atoms with Crippen molar-refractivity contribution in [3.63, 3.8) is 0 Å². The number of allylic oxidation sites excluding steroid dienone is 3. The van der Waals surface area contributed by atoms with Crippen molar-refractivity contribution in [2.75, 3.05) is 10.7 Å². The summed E-state index contributed by atoms with van der Waals surface area (Å²) in [6.07, 6.45) is 3.09. The Balaban J connectivity index is 1.89. The molecule has 0 radical (unpaired) electrons. The lowest BCUT2D eigenvalue weighted by Crippen LogP contribution is -2.42. The Morgan fingerprint density at radius 2 is 1.97 bits per heavy atom. The van der Waals surface area contributed by atoms with Crippen LogP contribution in [-0.4, -0.2) is 21.7 Å². The number of carbonyl (C=O) groups excluding carboxylic acids is 1. The molecule has 0 amide bonds. The van der Waals surface area contributed by atoms with E-state index in [1.165, 1.54) is 16.9 Å². The van der Waals surface area contributed by atoms with Crippen LogP contribution in [0.3, 0.4) is 0 Å². The average molecular weight is 480 g/mol. The topological polar surface area (TPSA) is 95.9 Å². The number of anilines is 1. The first kappa shape index (κ1) is 23.5. The lowest BCUT2D eigenvalue weighted by Gasteiger charge is -2.42. The molecule has 2 heterocycles. The minimum Gasteiger partial charge on any atom is -0.384 e. The molecule has 6 nitrogen and oxygen atoms in total. The molecule has 2 aromatic rings. The Kier molecular flexibility index (Phi) is 6.64. The average Bonchev–Trinajstić information content (AvgIpc) is 3.24. The molecular weight excluding hydrogens is 450 g/mol. The fourth-order valence-electron chi connectivity index (χ4n) is 4.55. The van der Waals surface area contributed by atoms with Gasteiger partial charge in [0.15, 0.2) is 10.1 Å². The number of nitrogens with zero attached hydrogens (tertiary/aromatic N) is 4. The first-order chi connectivity index (χ1) is 15.8. The van der Waals surface area contributed by atoms with Gasteiger partial charge in [-0.3, -0.25) is 9.69 Å². The quantitative estimate of drug-likeness (QED) is 0.543. The van der Waals surface area contributed by atoms with Crippen molar-refractivity contribution < 1.29 is 4.79 Å². The van der Waals surface area contributed by atoms with E-state index in [0.717, 1.165) is 34.2 Å². The van der Waals surface area contributed by atoms with Gasteiger partial charge in [-0.25, -0.2) is 0 Å². The van der Waals surface area contributed by atoms with Crippen molar-refractivity contribution in [3.8, 4) is 6.07 Å². The highest BCUT2D eigenvalue weighted by molar-refractivity contribution is 8.01. The molecule has 4 rings (SSSR count). The van der Waals surface area contributed by atoms with Gasteiger partial charge in [0, 0.05) is 23.4 Å². The standard InChI is InChI=1S/C25H29N5OS2/c1-5-11-32-24-29-28-23(33-24)30-18-12-25(3,4)13-19(31)21(18)20(17(14-26)22(30)27)16-9-7-15(6-2)8-10-16/h7-10,20H,5-6,11-13,27H2,1-4H3. The summed E-state index contributed by atoms with van der Waals surface area (Å²) in [4.78, 5) is 15.4. The van der Waals surface area contributed by atoms with E-state index in [0.29, 0.717) is 34.9 Å². The SMILES string of the molecule is CCCSc1nnc(N2C(N)=C(C#N)C(c3ccc(CC)cc3)C3=C2CC(C)(C)CC3=O)s1. The molecular formula is C25H29N5OS2. The predicted molar refractivity (Wildman–Crippen MR) is 134 cm³/mol. The molecule has 8 heteroatoms. The summed E-state index contributed by atoms with van der Waals surface area (Å²) in [6.45, 7) is 8.43. The monoisotopic (exact) mass is 479 g/mol. The van der Waals surface area contributed by atoms with Crippen LogP contribution in [0.4, 0.5) is 5.13 Å². The van der Waals surface area contributed by atoms with Crippen molar-refractivity contribution in [1.82, 2.24) is 10.2 Å². The van der Waals surface area contributed by atoms with Crippen molar-refractivity contribution in [1.29, 1.82) is 5.26 Å². The Morgan fingerprint density at radius 1 is 1.24 bits per heavy atom. The van der Waals surface area contributed by atoms with Crippen LogP contribution >= 0.6 is 23.1 Å². The lowest BCUT2D eigenvalue weighted by atomic mass is 9.68. The fourth-order valence-corrected chi connectivity index (χ4v) is 6.35. The maximum absolute atomic E-state index is 13.5. The molecule has 1 aromatic carbocycles. The number of hydrogen-bond acceptors (Lipinski definition) is 8. The third-order valence-electron chi connectivity index (χ3n) is 6.12. The number of aromatic nitrogens is 2. The largest absolute Gasteiger partial charge is 0.384 e. The van der Waals surface area contributed by atoms with E-state index in [2.05, 4.69) is 56.1 Å². The molecule has 2 aliphatic rings. The lowest BCUT2D eigenvalue weighted by molar-refractivity contribution is -0.118. The van der Waals surface area contributed by atoms with Crippen LogP contribution in [0, 0.1) is 16.7 Å². The Morgan fingerprint density at radius 3 is 2.61 bits per heavy atom. The van der Waals surface area contributed by atoms with Gasteiger partial charge in [-0.05, 0) is 35.8 Å². The molecule has 33 heavy (non-hydrogen) atoms. The molecule has 0 saturated carbocycles. The van der Waals surface area contributed by atoms with Gasteiger partial charge in [-0.2, -0.15) is 5.26 Å². The highest BCUT2D eigenvalue weighted by Crippen LogP contribution is 2.50. The molecule has 0 bridgehead atoms. The number of hydrogen-bond donors (Lipinski definition) is 1. The summed E-state index contributed by atoms with van der Waals surface area (Å²) in [5.41, 5.74) is 10.5. The summed E-state index contributed by atoms with van der Waals surface area (Å²) in [6, 6.07) is 10.5. The van der Waals surface area contributed by atoms with Gasteiger partial charge in [0.05, 0.1) is 17.6 Å². The van der Waals surface area contributed by atoms with Crippen LogP contribution < -0.4 is 10.6 Å². The summed E-state index contributed by atoms with van der Waals surface area (Å²) in [7, 11) is 0. The van der Waals surface area contributed by atoms with E-state index in [1.54, 1.807) is 11.8 Å². The molecule has 1 aromatic heterocycles. The molecule has 1 unspecified atom stereocenters. The van der Waals surface area contributed by atoms with Crippen molar-refractivity contribution in [2.24, 2.45) is 11.1 Å². The molecule has 1 atom stereocenters. The van der Waals surface area contributed by atoms with Gasteiger partial charge in [0.1, 0.15) is 5.82 Å². The molecule has 2 N–H and O–H groups in total. The maximum Gasteiger partial charge on any atom is 0.219 e. The number of Topliss-reactive ketones (excluding diaryl/α,β-unsaturated/α-hetero) is 1. The smallest absolute Gasteiger partial charge is 0.219 e. The van der Waals surface area contributed by atoms with Crippen molar-refractivity contribution in [3.05, 3.63) is 58.1 Å². The fraction of sp³-hybridized carbons (Fsp3) is 0.440. The Bertz CT molecular complexity index is 1170. The second-order valence-electron chi connectivity index (χ2n) is 9.27. The Labute approximate surface area is 203 Å². The molecule has 0 saturated heterocycles. The zero-order valence-corrected chi connectivity index (χ0v) is 21.1. The zero-order valence-electron chi connectivity index (χ0n) is 19.5. The number of thioether (sulfide) groups is 1. The third kappa shape index (κ3) is 4.44. The normalized spacial score (nSPS) is 20.2. The molecule has 0 fully saturated rings. The highest BCUT2D eigenvalue weighted by Gasteiger charge is 2.45. The second-order valence-corrected chi connectivity index (χ2v) is 11.6. The number of nitriles is 1. The third-order valence-corrected chi connectivity index (χ3v) is 8.37. The van der Waals surface area contributed by atoms with Crippen LogP contribution in [0.15, 0.2) is 51.3 Å². The van der Waals surface area contributed by atoms with E-state index < -0.39 is 5.92 Å².